The highest BCUT2D eigenvalue weighted by atomic mass is 32.2. The maximum absolute atomic E-state index is 12.4. The number of hydrogen-bond acceptors (Lipinski definition) is 3. The minimum absolute atomic E-state index is 0.262. The van der Waals surface area contributed by atoms with Crippen LogP contribution < -0.4 is 10.0 Å². The number of benzene rings is 1. The Labute approximate surface area is 125 Å². The first-order valence-corrected chi connectivity index (χ1v) is 8.46. The van der Waals surface area contributed by atoms with E-state index in [-0.39, 0.29) is 10.9 Å². The van der Waals surface area contributed by atoms with Gasteiger partial charge in [0.2, 0.25) is 10.0 Å². The van der Waals surface area contributed by atoms with E-state index in [9.17, 15) is 8.42 Å². The molecule has 1 aromatic carbocycles. The van der Waals surface area contributed by atoms with Crippen molar-refractivity contribution in [2.24, 2.45) is 0 Å². The lowest BCUT2D eigenvalue weighted by Crippen LogP contribution is -2.26. The Morgan fingerprint density at radius 3 is 2.62 bits per heavy atom. The zero-order chi connectivity index (χ0) is 15.3. The molecule has 114 valence electrons. The largest absolute Gasteiger partial charge is 0.363 e. The molecule has 1 aromatic heterocycles. The van der Waals surface area contributed by atoms with Crippen LogP contribution in [0.25, 0.3) is 0 Å². The Morgan fingerprint density at radius 1 is 1.24 bits per heavy atom. The predicted octanol–water partition coefficient (Wildman–Crippen LogP) is 2.16. The van der Waals surface area contributed by atoms with Crippen LogP contribution in [-0.2, 0) is 16.6 Å². The molecular weight excluding hydrogens is 286 g/mol. The van der Waals surface area contributed by atoms with Crippen molar-refractivity contribution < 1.29 is 8.42 Å². The van der Waals surface area contributed by atoms with Crippen LogP contribution >= 0.6 is 0 Å². The minimum atomic E-state index is -3.52. The highest BCUT2D eigenvalue weighted by Crippen LogP contribution is 2.17. The van der Waals surface area contributed by atoms with Crippen molar-refractivity contribution in [2.75, 3.05) is 6.54 Å². The summed E-state index contributed by atoms with van der Waals surface area (Å²) in [4.78, 5) is 3.24. The van der Waals surface area contributed by atoms with Gasteiger partial charge in [-0.15, -0.1) is 0 Å². The van der Waals surface area contributed by atoms with Gasteiger partial charge in [0.15, 0.2) is 0 Å². The second-order valence-corrected chi connectivity index (χ2v) is 6.61. The molecule has 0 fully saturated rings. The quantitative estimate of drug-likeness (QED) is 0.734. The van der Waals surface area contributed by atoms with Crippen molar-refractivity contribution >= 4 is 10.0 Å². The number of aromatic amines is 1. The van der Waals surface area contributed by atoms with Crippen LogP contribution in [0.2, 0.25) is 0 Å². The Morgan fingerprint density at radius 2 is 1.95 bits per heavy atom. The minimum Gasteiger partial charge on any atom is -0.363 e. The van der Waals surface area contributed by atoms with Gasteiger partial charge in [0, 0.05) is 24.5 Å². The predicted molar refractivity (Wildman–Crippen MR) is 83.4 cm³/mol. The van der Waals surface area contributed by atoms with E-state index in [0.717, 1.165) is 17.8 Å². The fourth-order valence-electron chi connectivity index (χ4n) is 2.05. The molecule has 0 saturated heterocycles. The summed E-state index contributed by atoms with van der Waals surface area (Å²) in [7, 11) is -3.52. The van der Waals surface area contributed by atoms with E-state index in [1.54, 1.807) is 6.07 Å². The number of aromatic nitrogens is 1. The summed E-state index contributed by atoms with van der Waals surface area (Å²) in [5.74, 6) is 0. The van der Waals surface area contributed by atoms with E-state index in [0.29, 0.717) is 6.54 Å². The molecule has 0 saturated carbocycles. The van der Waals surface area contributed by atoms with Crippen LogP contribution in [0.3, 0.4) is 0 Å². The van der Waals surface area contributed by atoms with Gasteiger partial charge in [-0.25, -0.2) is 13.1 Å². The number of sulfonamides is 1. The van der Waals surface area contributed by atoms with E-state index in [4.69, 9.17) is 0 Å². The van der Waals surface area contributed by atoms with Crippen molar-refractivity contribution in [1.82, 2.24) is 15.0 Å². The van der Waals surface area contributed by atoms with E-state index in [1.165, 1.54) is 6.20 Å². The van der Waals surface area contributed by atoms with Crippen molar-refractivity contribution in [3.63, 3.8) is 0 Å². The molecule has 3 N–H and O–H groups in total. The van der Waals surface area contributed by atoms with E-state index in [1.807, 2.05) is 44.2 Å². The first kappa shape index (κ1) is 15.8. The van der Waals surface area contributed by atoms with Gasteiger partial charge in [-0.3, -0.25) is 0 Å². The summed E-state index contributed by atoms with van der Waals surface area (Å²) in [6.07, 6.45) is 1.52. The van der Waals surface area contributed by atoms with Gasteiger partial charge >= 0.3 is 0 Å². The molecule has 2 aromatic rings. The molecule has 0 bridgehead atoms. The van der Waals surface area contributed by atoms with Crippen LogP contribution in [0, 0.1) is 0 Å². The zero-order valence-corrected chi connectivity index (χ0v) is 13.1. The molecule has 0 radical (unpaired) electrons. The van der Waals surface area contributed by atoms with Crippen molar-refractivity contribution in [3.05, 3.63) is 53.9 Å². The summed E-state index contributed by atoms with van der Waals surface area (Å²) >= 11 is 0. The molecule has 21 heavy (non-hydrogen) atoms. The van der Waals surface area contributed by atoms with E-state index in [2.05, 4.69) is 15.0 Å². The fourth-order valence-corrected chi connectivity index (χ4v) is 3.30. The average molecular weight is 307 g/mol. The number of rotatable bonds is 7. The molecule has 0 spiro atoms. The Kier molecular flexibility index (Phi) is 5.17. The first-order chi connectivity index (χ1) is 10.0. The molecule has 0 aliphatic heterocycles. The highest BCUT2D eigenvalue weighted by molar-refractivity contribution is 7.89. The van der Waals surface area contributed by atoms with Crippen LogP contribution in [0.4, 0.5) is 0 Å². The maximum Gasteiger partial charge on any atom is 0.242 e. The monoisotopic (exact) mass is 307 g/mol. The summed E-state index contributed by atoms with van der Waals surface area (Å²) in [5, 5.41) is 3.15. The highest BCUT2D eigenvalue weighted by Gasteiger charge is 2.19. The van der Waals surface area contributed by atoms with E-state index >= 15 is 0 Å². The Bertz CT molecular complexity index is 665. The van der Waals surface area contributed by atoms with Crippen LogP contribution in [-0.4, -0.2) is 19.9 Å². The van der Waals surface area contributed by atoms with Gasteiger partial charge < -0.3 is 10.3 Å². The third-order valence-electron chi connectivity index (χ3n) is 3.22. The van der Waals surface area contributed by atoms with Gasteiger partial charge in [0.1, 0.15) is 0 Å². The van der Waals surface area contributed by atoms with Crippen LogP contribution in [0.1, 0.15) is 31.1 Å². The lowest BCUT2D eigenvalue weighted by atomic mass is 10.1. The topological polar surface area (TPSA) is 74.0 Å². The molecule has 1 unspecified atom stereocenters. The molecule has 0 aliphatic rings. The molecule has 6 heteroatoms. The Hall–Kier alpha value is -1.63. The smallest absolute Gasteiger partial charge is 0.242 e. The number of H-pyrrole nitrogens is 1. The molecular formula is C15H21N3O2S. The van der Waals surface area contributed by atoms with Crippen LogP contribution in [0.15, 0.2) is 47.5 Å². The van der Waals surface area contributed by atoms with Gasteiger partial charge in [-0.2, -0.15) is 0 Å². The second kappa shape index (κ2) is 6.89. The van der Waals surface area contributed by atoms with Gasteiger partial charge in [-0.1, -0.05) is 37.3 Å². The zero-order valence-electron chi connectivity index (χ0n) is 12.3. The molecule has 5 nitrogen and oxygen atoms in total. The summed E-state index contributed by atoms with van der Waals surface area (Å²) in [6.45, 7) is 5.30. The van der Waals surface area contributed by atoms with Crippen molar-refractivity contribution in [1.29, 1.82) is 0 Å². The standard InChI is InChI=1S/C15H21N3O2S/c1-3-16-10-14-9-15(11-17-14)21(19,20)18-12(2)13-7-5-4-6-8-13/h4-9,11-12,16-18H,3,10H2,1-2H3. The number of hydrogen-bond donors (Lipinski definition) is 3. The summed E-state index contributed by atoms with van der Waals surface area (Å²) in [6, 6.07) is 10.9. The molecule has 1 atom stereocenters. The molecule has 1 heterocycles. The fraction of sp³-hybridized carbons (Fsp3) is 0.333. The molecule has 0 amide bonds. The third-order valence-corrected chi connectivity index (χ3v) is 4.74. The maximum atomic E-state index is 12.4. The second-order valence-electron chi connectivity index (χ2n) is 4.89. The lowest BCUT2D eigenvalue weighted by molar-refractivity contribution is 0.567. The summed E-state index contributed by atoms with van der Waals surface area (Å²) in [5.41, 5.74) is 1.79. The van der Waals surface area contributed by atoms with Gasteiger partial charge in [-0.05, 0) is 25.1 Å². The average Bonchev–Trinajstić information content (AvgIpc) is 2.95. The van der Waals surface area contributed by atoms with Crippen molar-refractivity contribution in [2.45, 2.75) is 31.3 Å². The summed E-state index contributed by atoms with van der Waals surface area (Å²) < 4.78 is 27.4. The van der Waals surface area contributed by atoms with Gasteiger partial charge in [0.05, 0.1) is 4.90 Å². The Balaban J connectivity index is 2.09. The molecule has 0 aliphatic carbocycles. The van der Waals surface area contributed by atoms with Gasteiger partial charge in [0.25, 0.3) is 0 Å². The SMILES string of the molecule is CCNCc1cc(S(=O)(=O)NC(C)c2ccccc2)c[nH]1. The normalized spacial score (nSPS) is 13.2. The van der Waals surface area contributed by atoms with E-state index < -0.39 is 10.0 Å². The third kappa shape index (κ3) is 4.17. The first-order valence-electron chi connectivity index (χ1n) is 6.98. The number of nitrogens with one attached hydrogen (secondary N) is 3. The molecule has 2 rings (SSSR count). The lowest BCUT2D eigenvalue weighted by Gasteiger charge is -2.13. The van der Waals surface area contributed by atoms with Crippen LogP contribution in [0.5, 0.6) is 0 Å². The van der Waals surface area contributed by atoms with Crippen molar-refractivity contribution in [3.8, 4) is 0 Å².